The normalized spacial score (nSPS) is 13.5. The van der Waals surface area contributed by atoms with Crippen LogP contribution in [0.25, 0.3) is 11.4 Å². The lowest BCUT2D eigenvalue weighted by Crippen LogP contribution is -2.14. The zero-order chi connectivity index (χ0) is 19.5. The van der Waals surface area contributed by atoms with Gasteiger partial charge in [0.2, 0.25) is 0 Å². The second-order valence-corrected chi connectivity index (χ2v) is 7.00. The number of hydrogen-bond donors (Lipinski definition) is 0. The molecule has 5 nitrogen and oxygen atoms in total. The van der Waals surface area contributed by atoms with Crippen LogP contribution in [0.1, 0.15) is 52.7 Å². The molecule has 0 bridgehead atoms. The van der Waals surface area contributed by atoms with Crippen molar-refractivity contribution in [2.24, 2.45) is 0 Å². The summed E-state index contributed by atoms with van der Waals surface area (Å²) in [5, 5.41) is 0. The Labute approximate surface area is 164 Å². The number of ketones is 1. The van der Waals surface area contributed by atoms with Crippen LogP contribution in [0.5, 0.6) is 5.75 Å². The maximum absolute atomic E-state index is 13.0. The summed E-state index contributed by atoms with van der Waals surface area (Å²) in [6.45, 7) is 2.30. The fraction of sp³-hybridized carbons (Fsp3) is 0.261. The SMILES string of the molecule is CC(=O)c1ccccc1OC(=O)c1nc(-c2ccccc2)n2c1CCCCC2. The summed E-state index contributed by atoms with van der Waals surface area (Å²) in [4.78, 5) is 29.5. The average Bonchev–Trinajstić information content (AvgIpc) is 2.90. The molecule has 28 heavy (non-hydrogen) atoms. The summed E-state index contributed by atoms with van der Waals surface area (Å²) >= 11 is 0. The van der Waals surface area contributed by atoms with Crippen LogP contribution in [-0.4, -0.2) is 21.3 Å². The highest BCUT2D eigenvalue weighted by Gasteiger charge is 2.26. The smallest absolute Gasteiger partial charge is 0.364 e. The van der Waals surface area contributed by atoms with E-state index in [1.807, 2.05) is 30.3 Å². The molecule has 0 spiro atoms. The van der Waals surface area contributed by atoms with Crippen LogP contribution < -0.4 is 4.74 Å². The standard InChI is InChI=1S/C23H22N2O3/c1-16(26)18-12-7-8-14-20(18)28-23(27)21-19-13-6-3-9-15-25(19)22(24-21)17-10-4-2-5-11-17/h2,4-5,7-8,10-12,14H,3,6,9,13,15H2,1H3. The molecule has 0 unspecified atom stereocenters. The molecule has 0 fully saturated rings. The Morgan fingerprint density at radius 3 is 2.50 bits per heavy atom. The van der Waals surface area contributed by atoms with Crippen molar-refractivity contribution in [1.82, 2.24) is 9.55 Å². The van der Waals surface area contributed by atoms with Crippen molar-refractivity contribution in [3.63, 3.8) is 0 Å². The number of aromatic nitrogens is 2. The Balaban J connectivity index is 1.75. The first-order valence-corrected chi connectivity index (χ1v) is 9.62. The Morgan fingerprint density at radius 1 is 0.964 bits per heavy atom. The first kappa shape index (κ1) is 18.2. The van der Waals surface area contributed by atoms with Crippen molar-refractivity contribution in [1.29, 1.82) is 0 Å². The first-order chi connectivity index (χ1) is 13.6. The maximum Gasteiger partial charge on any atom is 0.364 e. The fourth-order valence-electron chi connectivity index (χ4n) is 3.69. The molecular formula is C23H22N2O3. The van der Waals surface area contributed by atoms with Crippen LogP contribution in [0.2, 0.25) is 0 Å². The molecule has 0 saturated carbocycles. The van der Waals surface area contributed by atoms with E-state index in [4.69, 9.17) is 4.74 Å². The molecule has 142 valence electrons. The van der Waals surface area contributed by atoms with Gasteiger partial charge in [-0.15, -0.1) is 0 Å². The molecule has 0 radical (unpaired) electrons. The van der Waals surface area contributed by atoms with E-state index in [1.54, 1.807) is 24.3 Å². The monoisotopic (exact) mass is 374 g/mol. The first-order valence-electron chi connectivity index (χ1n) is 9.62. The van der Waals surface area contributed by atoms with E-state index in [1.165, 1.54) is 6.92 Å². The van der Waals surface area contributed by atoms with Gasteiger partial charge in [0.05, 0.1) is 11.3 Å². The summed E-state index contributed by atoms with van der Waals surface area (Å²) in [7, 11) is 0. The largest absolute Gasteiger partial charge is 0.421 e. The molecule has 4 rings (SSSR count). The van der Waals surface area contributed by atoms with Gasteiger partial charge in [0, 0.05) is 12.1 Å². The van der Waals surface area contributed by atoms with E-state index in [2.05, 4.69) is 9.55 Å². The number of esters is 1. The van der Waals surface area contributed by atoms with E-state index in [0.717, 1.165) is 49.3 Å². The Hall–Kier alpha value is -3.21. The molecule has 2 heterocycles. The van der Waals surface area contributed by atoms with Crippen molar-refractivity contribution < 1.29 is 14.3 Å². The second kappa shape index (κ2) is 7.80. The van der Waals surface area contributed by atoms with Crippen LogP contribution in [-0.2, 0) is 13.0 Å². The van der Waals surface area contributed by atoms with E-state index in [9.17, 15) is 9.59 Å². The van der Waals surface area contributed by atoms with Gasteiger partial charge < -0.3 is 9.30 Å². The van der Waals surface area contributed by atoms with Gasteiger partial charge in [-0.25, -0.2) is 9.78 Å². The van der Waals surface area contributed by atoms with Crippen molar-refractivity contribution in [3.8, 4) is 17.1 Å². The number of carbonyl (C=O) groups excluding carboxylic acids is 2. The summed E-state index contributed by atoms with van der Waals surface area (Å²) in [5.41, 5.74) is 2.64. The van der Waals surface area contributed by atoms with Gasteiger partial charge in [-0.1, -0.05) is 48.9 Å². The van der Waals surface area contributed by atoms with E-state index in [0.29, 0.717) is 11.3 Å². The number of carbonyl (C=O) groups is 2. The molecule has 1 aliphatic rings. The molecule has 1 aromatic heterocycles. The average molecular weight is 374 g/mol. The third-order valence-corrected chi connectivity index (χ3v) is 5.06. The molecule has 3 aromatic rings. The molecule has 1 aliphatic heterocycles. The summed E-state index contributed by atoms with van der Waals surface area (Å²) in [5.74, 6) is 0.416. The molecule has 0 amide bonds. The van der Waals surface area contributed by atoms with Crippen molar-refractivity contribution in [3.05, 3.63) is 71.5 Å². The van der Waals surface area contributed by atoms with Gasteiger partial charge in [-0.3, -0.25) is 4.79 Å². The molecule has 0 aliphatic carbocycles. The van der Waals surface area contributed by atoms with Crippen LogP contribution in [0, 0.1) is 0 Å². The van der Waals surface area contributed by atoms with Crippen molar-refractivity contribution >= 4 is 11.8 Å². The van der Waals surface area contributed by atoms with Gasteiger partial charge in [-0.2, -0.15) is 0 Å². The highest BCUT2D eigenvalue weighted by molar-refractivity contribution is 5.99. The molecule has 2 aromatic carbocycles. The van der Waals surface area contributed by atoms with Crippen molar-refractivity contribution in [2.45, 2.75) is 39.2 Å². The third kappa shape index (κ3) is 3.48. The number of fused-ring (bicyclic) bond motifs is 1. The van der Waals surface area contributed by atoms with E-state index >= 15 is 0 Å². The number of nitrogens with zero attached hydrogens (tertiary/aromatic N) is 2. The topological polar surface area (TPSA) is 61.2 Å². The Bertz CT molecular complexity index is 1020. The molecular weight excluding hydrogens is 352 g/mol. The Kier molecular flexibility index (Phi) is 5.06. The maximum atomic E-state index is 13.0. The third-order valence-electron chi connectivity index (χ3n) is 5.06. The number of imidazole rings is 1. The van der Waals surface area contributed by atoms with Gasteiger partial charge in [0.1, 0.15) is 11.6 Å². The van der Waals surface area contributed by atoms with Gasteiger partial charge in [-0.05, 0) is 38.3 Å². The molecule has 0 N–H and O–H groups in total. The fourth-order valence-corrected chi connectivity index (χ4v) is 3.69. The quantitative estimate of drug-likeness (QED) is 0.377. The highest BCUT2D eigenvalue weighted by atomic mass is 16.5. The van der Waals surface area contributed by atoms with Crippen LogP contribution >= 0.6 is 0 Å². The van der Waals surface area contributed by atoms with Crippen LogP contribution in [0.3, 0.4) is 0 Å². The molecule has 0 atom stereocenters. The lowest BCUT2D eigenvalue weighted by molar-refractivity contribution is 0.0726. The second-order valence-electron chi connectivity index (χ2n) is 7.00. The highest BCUT2D eigenvalue weighted by Crippen LogP contribution is 2.28. The van der Waals surface area contributed by atoms with E-state index in [-0.39, 0.29) is 11.5 Å². The number of para-hydroxylation sites is 1. The minimum absolute atomic E-state index is 0.142. The number of benzene rings is 2. The number of hydrogen-bond acceptors (Lipinski definition) is 4. The van der Waals surface area contributed by atoms with Crippen molar-refractivity contribution in [2.75, 3.05) is 0 Å². The molecule has 5 heteroatoms. The number of ether oxygens (including phenoxy) is 1. The minimum atomic E-state index is -0.512. The summed E-state index contributed by atoms with van der Waals surface area (Å²) in [6.07, 6.45) is 3.99. The summed E-state index contributed by atoms with van der Waals surface area (Å²) in [6, 6.07) is 16.7. The summed E-state index contributed by atoms with van der Waals surface area (Å²) < 4.78 is 7.76. The lowest BCUT2D eigenvalue weighted by Gasteiger charge is -2.09. The predicted octanol–water partition coefficient (Wildman–Crippen LogP) is 4.70. The van der Waals surface area contributed by atoms with Crippen LogP contribution in [0.15, 0.2) is 54.6 Å². The zero-order valence-electron chi connectivity index (χ0n) is 15.9. The number of rotatable bonds is 4. The van der Waals surface area contributed by atoms with Gasteiger partial charge in [0.25, 0.3) is 0 Å². The van der Waals surface area contributed by atoms with Gasteiger partial charge >= 0.3 is 5.97 Å². The predicted molar refractivity (Wildman–Crippen MR) is 107 cm³/mol. The van der Waals surface area contributed by atoms with Crippen LogP contribution in [0.4, 0.5) is 0 Å². The lowest BCUT2D eigenvalue weighted by atomic mass is 10.1. The van der Waals surface area contributed by atoms with E-state index < -0.39 is 5.97 Å². The van der Waals surface area contributed by atoms with Gasteiger partial charge in [0.15, 0.2) is 11.5 Å². The zero-order valence-corrected chi connectivity index (χ0v) is 15.9. The molecule has 0 saturated heterocycles. The minimum Gasteiger partial charge on any atom is -0.421 e. The Morgan fingerprint density at radius 2 is 1.71 bits per heavy atom. The number of Topliss-reactive ketones (excluding diaryl/α,β-unsaturated/α-hetero) is 1.